The predicted molar refractivity (Wildman–Crippen MR) is 67.6 cm³/mol. The lowest BCUT2D eigenvalue weighted by Gasteiger charge is -2.08. The van der Waals surface area contributed by atoms with Crippen LogP contribution >= 0.6 is 15.9 Å². The summed E-state index contributed by atoms with van der Waals surface area (Å²) in [6.45, 7) is 1.96. The molecule has 2 N–H and O–H groups in total. The summed E-state index contributed by atoms with van der Waals surface area (Å²) in [5, 5.41) is 10.7. The number of nitrogens with one attached hydrogen (secondary N) is 1. The van der Waals surface area contributed by atoms with Crippen LogP contribution in [-0.4, -0.2) is 22.7 Å². The number of aliphatic hydroxyl groups is 1. The molecule has 0 bridgehead atoms. The third-order valence-corrected chi connectivity index (χ3v) is 2.97. The van der Waals surface area contributed by atoms with Gasteiger partial charge < -0.3 is 14.8 Å². The molecule has 0 fully saturated rings. The molecule has 1 aromatic heterocycles. The molecule has 0 amide bonds. The van der Waals surface area contributed by atoms with E-state index >= 15 is 0 Å². The molecule has 1 atom stereocenters. The first-order valence-corrected chi connectivity index (χ1v) is 6.04. The lowest BCUT2D eigenvalue weighted by atomic mass is 10.1. The largest absolute Gasteiger partial charge is 0.464 e. The molecule has 5 heteroatoms. The van der Waals surface area contributed by atoms with Crippen molar-refractivity contribution in [3.05, 3.63) is 34.4 Å². The molecule has 0 aliphatic rings. The SMILES string of the molecule is CCOC(=O)[C@@H](O)c1c[nH]c2cc(Br)ccc12. The van der Waals surface area contributed by atoms with Gasteiger partial charge in [-0.3, -0.25) is 0 Å². The van der Waals surface area contributed by atoms with E-state index in [9.17, 15) is 9.90 Å². The van der Waals surface area contributed by atoms with Crippen molar-refractivity contribution in [1.82, 2.24) is 4.98 Å². The van der Waals surface area contributed by atoms with E-state index in [1.807, 2.05) is 18.2 Å². The van der Waals surface area contributed by atoms with E-state index in [4.69, 9.17) is 4.74 Å². The first-order valence-electron chi connectivity index (χ1n) is 5.24. The van der Waals surface area contributed by atoms with Gasteiger partial charge in [-0.1, -0.05) is 22.0 Å². The highest BCUT2D eigenvalue weighted by Gasteiger charge is 2.21. The lowest BCUT2D eigenvalue weighted by Crippen LogP contribution is -2.14. The molecule has 0 unspecified atom stereocenters. The fraction of sp³-hybridized carbons (Fsp3) is 0.250. The summed E-state index contributed by atoms with van der Waals surface area (Å²) < 4.78 is 5.72. The number of carbonyl (C=O) groups is 1. The smallest absolute Gasteiger partial charge is 0.339 e. The molecule has 0 radical (unpaired) electrons. The van der Waals surface area contributed by atoms with Crippen molar-refractivity contribution < 1.29 is 14.6 Å². The van der Waals surface area contributed by atoms with Gasteiger partial charge in [-0.15, -0.1) is 0 Å². The third kappa shape index (κ3) is 2.35. The van der Waals surface area contributed by atoms with E-state index in [0.717, 1.165) is 15.4 Å². The molecular weight excluding hydrogens is 286 g/mol. The standard InChI is InChI=1S/C12H12BrNO3/c1-2-17-12(16)11(15)9-6-14-10-5-7(13)3-4-8(9)10/h3-6,11,14-15H,2H2,1H3/t11-/m0/s1. The number of hydrogen-bond acceptors (Lipinski definition) is 3. The van der Waals surface area contributed by atoms with Crippen molar-refractivity contribution in [1.29, 1.82) is 0 Å². The molecule has 17 heavy (non-hydrogen) atoms. The second-order valence-electron chi connectivity index (χ2n) is 3.59. The molecule has 0 saturated carbocycles. The number of ether oxygens (including phenoxy) is 1. The number of carbonyl (C=O) groups excluding carboxylic acids is 1. The molecule has 90 valence electrons. The van der Waals surface area contributed by atoms with E-state index in [1.165, 1.54) is 0 Å². The van der Waals surface area contributed by atoms with Gasteiger partial charge in [0, 0.05) is 27.1 Å². The number of halogens is 1. The van der Waals surface area contributed by atoms with Crippen LogP contribution in [0.3, 0.4) is 0 Å². The molecule has 4 nitrogen and oxygen atoms in total. The molecular formula is C12H12BrNO3. The highest BCUT2D eigenvalue weighted by Crippen LogP contribution is 2.27. The topological polar surface area (TPSA) is 62.3 Å². The van der Waals surface area contributed by atoms with E-state index in [2.05, 4.69) is 20.9 Å². The second kappa shape index (κ2) is 4.89. The maximum Gasteiger partial charge on any atom is 0.339 e. The summed E-state index contributed by atoms with van der Waals surface area (Å²) in [7, 11) is 0. The molecule has 2 rings (SSSR count). The Kier molecular flexibility index (Phi) is 3.49. The Morgan fingerprint density at radius 1 is 1.59 bits per heavy atom. The Morgan fingerprint density at radius 2 is 2.35 bits per heavy atom. The van der Waals surface area contributed by atoms with Crippen LogP contribution in [0.1, 0.15) is 18.6 Å². The van der Waals surface area contributed by atoms with Crippen molar-refractivity contribution in [2.75, 3.05) is 6.61 Å². The number of hydrogen-bond donors (Lipinski definition) is 2. The van der Waals surface area contributed by atoms with Gasteiger partial charge in [-0.2, -0.15) is 0 Å². The van der Waals surface area contributed by atoms with Gasteiger partial charge in [0.1, 0.15) is 0 Å². The first-order chi connectivity index (χ1) is 8.13. The third-order valence-electron chi connectivity index (χ3n) is 2.48. The summed E-state index contributed by atoms with van der Waals surface area (Å²) in [5.74, 6) is -0.628. The van der Waals surface area contributed by atoms with Gasteiger partial charge in [-0.25, -0.2) is 4.79 Å². The summed E-state index contributed by atoms with van der Waals surface area (Å²) in [6, 6.07) is 5.59. The monoisotopic (exact) mass is 297 g/mol. The summed E-state index contributed by atoms with van der Waals surface area (Å²) in [6.07, 6.45) is 0.378. The minimum absolute atomic E-state index is 0.254. The molecule has 1 aromatic carbocycles. The van der Waals surface area contributed by atoms with Crippen molar-refractivity contribution in [3.8, 4) is 0 Å². The van der Waals surface area contributed by atoms with Gasteiger partial charge >= 0.3 is 5.97 Å². The van der Waals surface area contributed by atoms with Gasteiger partial charge in [0.25, 0.3) is 0 Å². The van der Waals surface area contributed by atoms with Crippen LogP contribution in [0.5, 0.6) is 0 Å². The van der Waals surface area contributed by atoms with Crippen LogP contribution in [0.2, 0.25) is 0 Å². The van der Waals surface area contributed by atoms with E-state index < -0.39 is 12.1 Å². The maximum atomic E-state index is 11.5. The zero-order valence-electron chi connectivity index (χ0n) is 9.24. The number of benzene rings is 1. The Bertz CT molecular complexity index is 550. The lowest BCUT2D eigenvalue weighted by molar-refractivity contribution is -0.153. The second-order valence-corrected chi connectivity index (χ2v) is 4.50. The molecule has 1 heterocycles. The number of aromatic nitrogens is 1. The maximum absolute atomic E-state index is 11.5. The fourth-order valence-electron chi connectivity index (χ4n) is 1.70. The van der Waals surface area contributed by atoms with Crippen LogP contribution in [0.4, 0.5) is 0 Å². The Balaban J connectivity index is 2.39. The van der Waals surface area contributed by atoms with Gasteiger partial charge in [0.15, 0.2) is 6.10 Å². The van der Waals surface area contributed by atoms with Crippen molar-refractivity contribution in [3.63, 3.8) is 0 Å². The molecule has 2 aromatic rings. The van der Waals surface area contributed by atoms with Gasteiger partial charge in [0.2, 0.25) is 0 Å². The predicted octanol–water partition coefficient (Wildman–Crippen LogP) is 2.53. The van der Waals surface area contributed by atoms with Crippen LogP contribution in [-0.2, 0) is 9.53 Å². The van der Waals surface area contributed by atoms with Crippen molar-refractivity contribution in [2.45, 2.75) is 13.0 Å². The Hall–Kier alpha value is -1.33. The highest BCUT2D eigenvalue weighted by atomic mass is 79.9. The van der Waals surface area contributed by atoms with Crippen LogP contribution in [0.15, 0.2) is 28.9 Å². The quantitative estimate of drug-likeness (QED) is 0.856. The number of esters is 1. The van der Waals surface area contributed by atoms with Crippen LogP contribution in [0, 0.1) is 0 Å². The van der Waals surface area contributed by atoms with Gasteiger partial charge in [-0.05, 0) is 19.1 Å². The van der Waals surface area contributed by atoms with E-state index in [1.54, 1.807) is 13.1 Å². The number of fused-ring (bicyclic) bond motifs is 1. The number of rotatable bonds is 3. The average molecular weight is 298 g/mol. The summed E-state index contributed by atoms with van der Waals surface area (Å²) >= 11 is 3.36. The number of H-pyrrole nitrogens is 1. The Morgan fingerprint density at radius 3 is 3.06 bits per heavy atom. The van der Waals surface area contributed by atoms with E-state index in [-0.39, 0.29) is 6.61 Å². The number of aromatic amines is 1. The van der Waals surface area contributed by atoms with Crippen molar-refractivity contribution >= 4 is 32.8 Å². The zero-order chi connectivity index (χ0) is 12.4. The molecule has 0 aliphatic heterocycles. The molecule has 0 spiro atoms. The Labute approximate surface area is 107 Å². The average Bonchev–Trinajstić information content (AvgIpc) is 2.71. The van der Waals surface area contributed by atoms with Crippen LogP contribution < -0.4 is 0 Å². The van der Waals surface area contributed by atoms with E-state index in [0.29, 0.717) is 5.56 Å². The van der Waals surface area contributed by atoms with Crippen LogP contribution in [0.25, 0.3) is 10.9 Å². The minimum Gasteiger partial charge on any atom is -0.464 e. The minimum atomic E-state index is -1.25. The first kappa shape index (κ1) is 12.1. The molecule has 0 aliphatic carbocycles. The zero-order valence-corrected chi connectivity index (χ0v) is 10.8. The number of aliphatic hydroxyl groups excluding tert-OH is 1. The molecule has 0 saturated heterocycles. The summed E-state index contributed by atoms with van der Waals surface area (Å²) in [5.41, 5.74) is 1.39. The summed E-state index contributed by atoms with van der Waals surface area (Å²) in [4.78, 5) is 14.5. The van der Waals surface area contributed by atoms with Crippen molar-refractivity contribution in [2.24, 2.45) is 0 Å². The van der Waals surface area contributed by atoms with Gasteiger partial charge in [0.05, 0.1) is 6.61 Å². The highest BCUT2D eigenvalue weighted by molar-refractivity contribution is 9.10. The normalized spacial score (nSPS) is 12.6. The fourth-order valence-corrected chi connectivity index (χ4v) is 2.06.